The number of Topliss-reactive ketones (excluding diaryl/α,β-unsaturated/α-hetero) is 1. The molecule has 3 rings (SSSR count). The Labute approximate surface area is 188 Å². The quantitative estimate of drug-likeness (QED) is 0.613. The number of aliphatic carboxylic acids is 1. The molecule has 0 fully saturated rings. The monoisotopic (exact) mass is 460 g/mol. The smallest absolute Gasteiger partial charge is 0.323 e. The lowest BCUT2D eigenvalue weighted by Gasteiger charge is -2.29. The van der Waals surface area contributed by atoms with Crippen molar-refractivity contribution >= 4 is 27.5 Å². The Morgan fingerprint density at radius 1 is 1.12 bits per heavy atom. The molecule has 0 aromatic heterocycles. The number of para-hydroxylation sites is 1. The Morgan fingerprint density at radius 2 is 1.81 bits per heavy atom. The molecule has 2 aromatic carbocycles. The summed E-state index contributed by atoms with van der Waals surface area (Å²) in [5, 5.41) is 9.96. The van der Waals surface area contributed by atoms with Gasteiger partial charge in [-0.05, 0) is 42.3 Å². The Hall–Kier alpha value is -2.91. The van der Waals surface area contributed by atoms with E-state index in [-0.39, 0.29) is 30.3 Å². The highest BCUT2D eigenvalue weighted by molar-refractivity contribution is 7.89. The van der Waals surface area contributed by atoms with Gasteiger partial charge in [-0.15, -0.1) is 0 Å². The van der Waals surface area contributed by atoms with E-state index in [0.717, 1.165) is 17.1 Å². The van der Waals surface area contributed by atoms with Crippen LogP contribution in [0.3, 0.4) is 0 Å². The fourth-order valence-corrected chi connectivity index (χ4v) is 5.33. The maximum Gasteiger partial charge on any atom is 0.323 e. The molecule has 0 bridgehead atoms. The first-order valence-corrected chi connectivity index (χ1v) is 11.9. The van der Waals surface area contributed by atoms with Gasteiger partial charge in [-0.3, -0.25) is 9.59 Å². The largest absolute Gasteiger partial charge is 0.497 e. The number of nitrogens with zero attached hydrogens (tertiary/aromatic N) is 2. The molecular weight excluding hydrogens is 432 g/mol. The van der Waals surface area contributed by atoms with Crippen LogP contribution in [-0.4, -0.2) is 55.8 Å². The van der Waals surface area contributed by atoms with Crippen molar-refractivity contribution in [2.75, 3.05) is 25.1 Å². The third kappa shape index (κ3) is 5.11. The molecule has 2 aromatic rings. The topological polar surface area (TPSA) is 104 Å². The molecule has 8 nitrogen and oxygen atoms in total. The molecule has 172 valence electrons. The SMILES string of the molecule is CCCCC(=O)CN1CC(C(=O)O)N(S(=O)(=O)c2ccc(OC)cc2)Cc2ccccc21. The molecule has 0 radical (unpaired) electrons. The van der Waals surface area contributed by atoms with Gasteiger partial charge in [0.2, 0.25) is 10.0 Å². The molecular formula is C23H28N2O6S. The highest BCUT2D eigenvalue weighted by Gasteiger charge is 2.40. The van der Waals surface area contributed by atoms with Crippen molar-refractivity contribution in [1.29, 1.82) is 0 Å². The first kappa shape index (κ1) is 23.7. The van der Waals surface area contributed by atoms with Crippen molar-refractivity contribution < 1.29 is 27.9 Å². The lowest BCUT2D eigenvalue weighted by atomic mass is 10.1. The molecule has 0 spiro atoms. The standard InChI is InChI=1S/C23H28N2O6S/c1-3-4-8-18(26)15-24-16-22(23(27)28)25(14-17-7-5-6-9-21(17)24)32(29,30)20-12-10-19(31-2)11-13-20/h5-7,9-13,22H,3-4,8,14-16H2,1-2H3,(H,27,28). The van der Waals surface area contributed by atoms with Gasteiger partial charge in [-0.1, -0.05) is 31.5 Å². The average Bonchev–Trinajstić information content (AvgIpc) is 2.95. The van der Waals surface area contributed by atoms with Gasteiger partial charge in [-0.25, -0.2) is 8.42 Å². The second kappa shape index (κ2) is 10.1. The number of methoxy groups -OCH3 is 1. The number of carboxylic acid groups (broad SMARTS) is 1. The van der Waals surface area contributed by atoms with E-state index in [2.05, 4.69) is 0 Å². The zero-order valence-corrected chi connectivity index (χ0v) is 19.0. The Bertz CT molecular complexity index is 1070. The van der Waals surface area contributed by atoms with Gasteiger partial charge >= 0.3 is 5.97 Å². The number of carboxylic acids is 1. The highest BCUT2D eigenvalue weighted by atomic mass is 32.2. The van der Waals surface area contributed by atoms with Gasteiger partial charge in [0.1, 0.15) is 11.8 Å². The van der Waals surface area contributed by atoms with Crippen LogP contribution in [0.4, 0.5) is 5.69 Å². The molecule has 0 saturated heterocycles. The van der Waals surface area contributed by atoms with Crippen LogP contribution in [0.5, 0.6) is 5.75 Å². The van der Waals surface area contributed by atoms with Crippen LogP contribution < -0.4 is 9.64 Å². The number of hydrogen-bond acceptors (Lipinski definition) is 6. The zero-order chi connectivity index (χ0) is 23.3. The first-order chi connectivity index (χ1) is 15.3. The number of carbonyl (C=O) groups is 2. The fourth-order valence-electron chi connectivity index (χ4n) is 3.78. The van der Waals surface area contributed by atoms with Gasteiger partial charge < -0.3 is 14.7 Å². The highest BCUT2D eigenvalue weighted by Crippen LogP contribution is 2.31. The summed E-state index contributed by atoms with van der Waals surface area (Å²) < 4.78 is 33.0. The van der Waals surface area contributed by atoms with E-state index < -0.39 is 22.0 Å². The van der Waals surface area contributed by atoms with Crippen molar-refractivity contribution in [3.8, 4) is 5.75 Å². The van der Waals surface area contributed by atoms with Crippen molar-refractivity contribution in [3.63, 3.8) is 0 Å². The van der Waals surface area contributed by atoms with Crippen LogP contribution in [0.25, 0.3) is 0 Å². The molecule has 32 heavy (non-hydrogen) atoms. The lowest BCUT2D eigenvalue weighted by Crippen LogP contribution is -2.49. The zero-order valence-electron chi connectivity index (χ0n) is 18.2. The number of hydrogen-bond donors (Lipinski definition) is 1. The van der Waals surface area contributed by atoms with Crippen molar-refractivity contribution in [1.82, 2.24) is 4.31 Å². The van der Waals surface area contributed by atoms with Crippen molar-refractivity contribution in [2.45, 2.75) is 43.7 Å². The summed E-state index contributed by atoms with van der Waals surface area (Å²) in [7, 11) is -2.65. The number of ether oxygens (including phenoxy) is 1. The molecule has 0 saturated carbocycles. The fraction of sp³-hybridized carbons (Fsp3) is 0.391. The molecule has 1 N–H and O–H groups in total. The van der Waals surface area contributed by atoms with E-state index >= 15 is 0 Å². The van der Waals surface area contributed by atoms with Crippen molar-refractivity contribution in [2.24, 2.45) is 0 Å². The molecule has 0 amide bonds. The summed E-state index contributed by atoms with van der Waals surface area (Å²) in [6.07, 6.45) is 2.05. The summed E-state index contributed by atoms with van der Waals surface area (Å²) in [4.78, 5) is 26.4. The Balaban J connectivity index is 2.01. The summed E-state index contributed by atoms with van der Waals surface area (Å²) >= 11 is 0. The number of rotatable bonds is 9. The number of fused-ring (bicyclic) bond motifs is 1. The Morgan fingerprint density at radius 3 is 2.44 bits per heavy atom. The van der Waals surface area contributed by atoms with Crippen molar-refractivity contribution in [3.05, 3.63) is 54.1 Å². The molecule has 1 heterocycles. The number of anilines is 1. The van der Waals surface area contributed by atoms with Crippen LogP contribution >= 0.6 is 0 Å². The number of benzene rings is 2. The molecule has 1 atom stereocenters. The van der Waals surface area contributed by atoms with E-state index in [4.69, 9.17) is 4.74 Å². The number of unbranched alkanes of at least 4 members (excludes halogenated alkanes) is 1. The maximum atomic E-state index is 13.5. The first-order valence-electron chi connectivity index (χ1n) is 10.5. The minimum Gasteiger partial charge on any atom is -0.497 e. The van der Waals surface area contributed by atoms with Gasteiger partial charge in [0, 0.05) is 25.2 Å². The molecule has 9 heteroatoms. The predicted octanol–water partition coefficient (Wildman–Crippen LogP) is 2.92. The minimum atomic E-state index is -4.13. The summed E-state index contributed by atoms with van der Waals surface area (Å²) in [5.74, 6) is -0.769. The lowest BCUT2D eigenvalue weighted by molar-refractivity contribution is -0.141. The summed E-state index contributed by atoms with van der Waals surface area (Å²) in [6.45, 7) is 1.80. The molecule has 1 aliphatic rings. The van der Waals surface area contributed by atoms with E-state index in [1.807, 2.05) is 6.92 Å². The van der Waals surface area contributed by atoms with Crippen LogP contribution in [0.1, 0.15) is 31.7 Å². The van der Waals surface area contributed by atoms with Crippen LogP contribution in [0.15, 0.2) is 53.4 Å². The molecule has 1 aliphatic heterocycles. The average molecular weight is 461 g/mol. The molecule has 1 unspecified atom stereocenters. The summed E-state index contributed by atoms with van der Waals surface area (Å²) in [5.41, 5.74) is 1.33. The number of sulfonamides is 1. The third-order valence-electron chi connectivity index (χ3n) is 5.53. The predicted molar refractivity (Wildman–Crippen MR) is 120 cm³/mol. The second-order valence-electron chi connectivity index (χ2n) is 7.73. The number of ketones is 1. The van der Waals surface area contributed by atoms with Gasteiger partial charge in [-0.2, -0.15) is 4.31 Å². The normalized spacial score (nSPS) is 16.8. The Kier molecular flexibility index (Phi) is 7.52. The van der Waals surface area contributed by atoms with Crippen LogP contribution in [0.2, 0.25) is 0 Å². The van der Waals surface area contributed by atoms with Crippen LogP contribution in [0, 0.1) is 0 Å². The van der Waals surface area contributed by atoms with Gasteiger partial charge in [0.05, 0.1) is 18.6 Å². The van der Waals surface area contributed by atoms with Crippen LogP contribution in [-0.2, 0) is 26.2 Å². The van der Waals surface area contributed by atoms with E-state index in [9.17, 15) is 23.1 Å². The third-order valence-corrected chi connectivity index (χ3v) is 7.40. The molecule has 0 aliphatic carbocycles. The van der Waals surface area contributed by atoms with E-state index in [0.29, 0.717) is 23.4 Å². The van der Waals surface area contributed by atoms with Gasteiger partial charge in [0.15, 0.2) is 5.78 Å². The van der Waals surface area contributed by atoms with E-state index in [1.54, 1.807) is 29.2 Å². The maximum absolute atomic E-state index is 13.5. The summed E-state index contributed by atoms with van der Waals surface area (Å²) in [6, 6.07) is 11.6. The second-order valence-corrected chi connectivity index (χ2v) is 9.62. The van der Waals surface area contributed by atoms with E-state index in [1.165, 1.54) is 31.4 Å². The minimum absolute atomic E-state index is 0.00254. The van der Waals surface area contributed by atoms with Gasteiger partial charge in [0.25, 0.3) is 0 Å². The number of carbonyl (C=O) groups excluding carboxylic acids is 1.